The Morgan fingerprint density at radius 2 is 0.605 bits per heavy atom. The predicted octanol–water partition coefficient (Wildman–Crippen LogP) is 17.7. The summed E-state index contributed by atoms with van der Waals surface area (Å²) in [5.74, 6) is 0. The lowest BCUT2D eigenvalue weighted by Crippen LogP contribution is -2.57. The zero-order valence-corrected chi connectivity index (χ0v) is 46.7. The van der Waals surface area contributed by atoms with Gasteiger partial charge in [0.2, 0.25) is 0 Å². The molecule has 0 atom stereocenters. The van der Waals surface area contributed by atoms with Gasteiger partial charge in [0, 0.05) is 123 Å². The van der Waals surface area contributed by atoms with Gasteiger partial charge in [-0.3, -0.25) is 0 Å². The lowest BCUT2D eigenvalue weighted by atomic mass is 9.44. The average molecular weight is 1090 g/mol. The van der Waals surface area contributed by atoms with E-state index in [-0.39, 0.29) is 13.7 Å². The van der Waals surface area contributed by atoms with Gasteiger partial charge in [-0.15, -0.1) is 0 Å². The van der Waals surface area contributed by atoms with Crippen molar-refractivity contribution in [2.75, 3.05) is 19.6 Å². The third kappa shape index (κ3) is 6.47. The quantitative estimate of drug-likeness (QED) is 0.141. The van der Waals surface area contributed by atoms with Gasteiger partial charge < -0.3 is 28.6 Å². The third-order valence-electron chi connectivity index (χ3n) is 18.7. The van der Waals surface area contributed by atoms with Gasteiger partial charge in [0.05, 0.1) is 0 Å². The first-order chi connectivity index (χ1) is 42.8. The van der Waals surface area contributed by atoms with Crippen LogP contribution in [-0.2, 0) is 0 Å². The summed E-state index contributed by atoms with van der Waals surface area (Å²) in [6.07, 6.45) is 0. The molecule has 0 bridgehead atoms. The van der Waals surface area contributed by atoms with Crippen LogP contribution in [-0.4, -0.2) is 22.7 Å². The van der Waals surface area contributed by atoms with Gasteiger partial charge in [-0.05, 0) is 154 Å². The van der Waals surface area contributed by atoms with Gasteiger partial charge in [-0.25, -0.2) is 0 Å². The molecule has 2 aromatic heterocycles. The fourth-order valence-corrected chi connectivity index (χ4v) is 15.5. The molecule has 4 aliphatic rings. The molecule has 0 spiro atoms. The first-order valence-corrected chi connectivity index (χ1v) is 29.8. The normalized spacial score (nSPS) is 13.0. The Bertz CT molecular complexity index is 4850. The van der Waals surface area contributed by atoms with Gasteiger partial charge >= 0.3 is 13.7 Å². The molecule has 6 nitrogen and oxygen atoms in total. The molecule has 0 N–H and O–H groups in total. The second kappa shape index (κ2) is 18.1. The summed E-state index contributed by atoms with van der Waals surface area (Å²) < 4.78 is 5.50. The first-order valence-electron chi connectivity index (χ1n) is 29.8. The highest BCUT2D eigenvalue weighted by Crippen LogP contribution is 2.56. The molecule has 8 heteroatoms. The summed E-state index contributed by atoms with van der Waals surface area (Å²) in [4.78, 5) is 9.85. The van der Waals surface area contributed by atoms with E-state index < -0.39 is 0 Å². The van der Waals surface area contributed by atoms with E-state index in [1.165, 1.54) is 99.1 Å². The number of hydrogen-bond acceptors (Lipinski definition) is 4. The fourth-order valence-electron chi connectivity index (χ4n) is 15.5. The molecule has 19 rings (SSSR count). The van der Waals surface area contributed by atoms with E-state index in [0.717, 1.165) is 56.9 Å². The second-order valence-corrected chi connectivity index (χ2v) is 23.1. The molecule has 0 aliphatic carbocycles. The number of hydrogen-bond donors (Lipinski definition) is 0. The van der Waals surface area contributed by atoms with Gasteiger partial charge in [-0.2, -0.15) is 0 Å². The number of fused-ring (bicyclic) bond motifs is 16. The Morgan fingerprint density at radius 1 is 0.267 bits per heavy atom. The zero-order chi connectivity index (χ0) is 56.1. The van der Waals surface area contributed by atoms with Crippen LogP contribution in [0.25, 0.3) is 65.9 Å². The number of rotatable bonds is 8. The van der Waals surface area contributed by atoms with Crippen LogP contribution in [0.2, 0.25) is 0 Å². The molecule has 398 valence electrons. The highest BCUT2D eigenvalue weighted by molar-refractivity contribution is 6.92. The Kier molecular flexibility index (Phi) is 9.98. The van der Waals surface area contributed by atoms with Crippen LogP contribution in [0.3, 0.4) is 0 Å². The van der Waals surface area contributed by atoms with Gasteiger partial charge in [0.25, 0.3) is 0 Å². The Hall–Kier alpha value is -11.2. The van der Waals surface area contributed by atoms with E-state index in [4.69, 9.17) is 0 Å². The Morgan fingerprint density at radius 3 is 0.977 bits per heavy atom. The predicted molar refractivity (Wildman–Crippen MR) is 363 cm³/mol. The number of benzene rings is 13. The van der Waals surface area contributed by atoms with Crippen molar-refractivity contribution in [3.8, 4) is 22.3 Å². The van der Waals surface area contributed by atoms with Crippen molar-refractivity contribution in [1.82, 2.24) is 8.96 Å². The topological polar surface area (TPSA) is 22.8 Å². The minimum atomic E-state index is -0.151. The summed E-state index contributed by atoms with van der Waals surface area (Å²) >= 11 is 0. The first kappa shape index (κ1) is 47.3. The highest BCUT2D eigenvalue weighted by atomic mass is 15.2. The molecular formula is C78H50B2N6. The SMILES string of the molecule is c1ccc(N(c2ccccc2)c2ccc3c(c2)N(c2ccccc2)c2cccc4c2B3n2c3ccccc3c3c5c6c(c-4c32)c2ccccc2n6B2c3ccc(N(c4ccccc4)c4ccccc4)cc3N(c3ccccc3)c3cccc-5c32)cc1. The molecule has 0 unspecified atom stereocenters. The minimum Gasteiger partial charge on any atom is -0.375 e. The molecule has 0 amide bonds. The fraction of sp³-hybridized carbons (Fsp3) is 0. The lowest BCUT2D eigenvalue weighted by molar-refractivity contribution is 1.23. The van der Waals surface area contributed by atoms with Crippen molar-refractivity contribution in [2.24, 2.45) is 0 Å². The molecule has 86 heavy (non-hydrogen) atoms. The molecule has 15 aromatic rings. The van der Waals surface area contributed by atoms with Crippen molar-refractivity contribution in [3.05, 3.63) is 303 Å². The maximum Gasteiger partial charge on any atom is 0.333 e. The Balaban J connectivity index is 0.925. The van der Waals surface area contributed by atoms with E-state index in [0.29, 0.717) is 0 Å². The molecule has 0 fully saturated rings. The standard InChI is InChI=1S/C78H50B2N6/c1-7-25-51(26-8-1)81(52-27-9-2-10-28-52)57-45-47-63-69(49-57)83(55-33-15-5-16-34-55)67-43-23-39-61-73-72-60-38-20-22-42-66(60)86-78(72)74(71-59-37-19-21-41-65(59)85(77(71)73)79(63)75(61)67)62-40-24-44-68-76(62)80(86)64-48-46-58(50-70(64)84(68)56-35-17-6-18-36-56)82(53-29-11-3-12-30-53)54-31-13-4-14-32-54/h1-50H. The number of anilines is 12. The summed E-state index contributed by atoms with van der Waals surface area (Å²) in [6.45, 7) is -0.302. The van der Waals surface area contributed by atoms with Gasteiger partial charge in [0.1, 0.15) is 0 Å². The van der Waals surface area contributed by atoms with Crippen LogP contribution in [0, 0.1) is 0 Å². The molecular weight excluding hydrogens is 1040 g/mol. The van der Waals surface area contributed by atoms with Crippen molar-refractivity contribution < 1.29 is 0 Å². The van der Waals surface area contributed by atoms with Crippen LogP contribution < -0.4 is 41.5 Å². The van der Waals surface area contributed by atoms with Crippen LogP contribution in [0.4, 0.5) is 68.2 Å². The summed E-state index contributed by atoms with van der Waals surface area (Å²) in [5, 5.41) is 5.11. The summed E-state index contributed by atoms with van der Waals surface area (Å²) in [6, 6.07) is 112. The molecule has 0 radical (unpaired) electrons. The van der Waals surface area contributed by atoms with E-state index in [9.17, 15) is 0 Å². The molecule has 4 aliphatic heterocycles. The lowest BCUT2D eigenvalue weighted by Gasteiger charge is -2.42. The van der Waals surface area contributed by atoms with Gasteiger partial charge in [-0.1, -0.05) is 182 Å². The summed E-state index contributed by atoms with van der Waals surface area (Å²) in [7, 11) is 0. The van der Waals surface area contributed by atoms with Crippen LogP contribution in [0.1, 0.15) is 0 Å². The summed E-state index contributed by atoms with van der Waals surface area (Å²) in [5.41, 5.74) is 28.8. The van der Waals surface area contributed by atoms with Crippen molar-refractivity contribution >= 4 is 147 Å². The van der Waals surface area contributed by atoms with Crippen LogP contribution >= 0.6 is 0 Å². The number of nitrogens with zero attached hydrogens (tertiary/aromatic N) is 6. The molecule has 6 heterocycles. The molecule has 0 saturated heterocycles. The molecule has 0 saturated carbocycles. The smallest absolute Gasteiger partial charge is 0.333 e. The van der Waals surface area contributed by atoms with Crippen molar-refractivity contribution in [2.45, 2.75) is 0 Å². The van der Waals surface area contributed by atoms with Crippen LogP contribution in [0.5, 0.6) is 0 Å². The Labute approximate surface area is 498 Å². The second-order valence-electron chi connectivity index (χ2n) is 23.1. The highest BCUT2D eigenvalue weighted by Gasteiger charge is 2.48. The number of aromatic nitrogens is 2. The minimum absolute atomic E-state index is 0.151. The van der Waals surface area contributed by atoms with E-state index in [1.54, 1.807) is 0 Å². The van der Waals surface area contributed by atoms with Crippen LogP contribution in [0.15, 0.2) is 303 Å². The van der Waals surface area contributed by atoms with E-state index >= 15 is 0 Å². The van der Waals surface area contributed by atoms with E-state index in [2.05, 4.69) is 332 Å². The average Bonchev–Trinajstić information content (AvgIpc) is 1.44. The van der Waals surface area contributed by atoms with E-state index in [1.807, 2.05) is 0 Å². The monoisotopic (exact) mass is 1090 g/mol. The maximum atomic E-state index is 2.75. The van der Waals surface area contributed by atoms with Gasteiger partial charge in [0.15, 0.2) is 0 Å². The zero-order valence-electron chi connectivity index (χ0n) is 46.7. The largest absolute Gasteiger partial charge is 0.375 e. The number of para-hydroxylation sites is 8. The molecule has 13 aromatic carbocycles. The van der Waals surface area contributed by atoms with Crippen molar-refractivity contribution in [1.29, 1.82) is 0 Å². The maximum absolute atomic E-state index is 2.75. The third-order valence-corrected chi connectivity index (χ3v) is 18.7. The van der Waals surface area contributed by atoms with Crippen molar-refractivity contribution in [3.63, 3.8) is 0 Å².